The maximum absolute atomic E-state index is 14.1. The van der Waals surface area contributed by atoms with E-state index < -0.39 is 26.8 Å². The predicted octanol–water partition coefficient (Wildman–Crippen LogP) is 4.69. The molecule has 0 spiro atoms. The van der Waals surface area contributed by atoms with Crippen LogP contribution < -0.4 is 4.74 Å². The summed E-state index contributed by atoms with van der Waals surface area (Å²) < 4.78 is 47.1. The molecule has 1 aliphatic heterocycles. The summed E-state index contributed by atoms with van der Waals surface area (Å²) in [5.41, 5.74) is 0.348. The molecule has 0 aliphatic carbocycles. The molecule has 3 aromatic carbocycles. The Morgan fingerprint density at radius 2 is 1.87 bits per heavy atom. The minimum Gasteiger partial charge on any atom is -0.497 e. The number of nitro groups is 1. The van der Waals surface area contributed by atoms with Crippen molar-refractivity contribution in [2.75, 3.05) is 7.11 Å². The summed E-state index contributed by atoms with van der Waals surface area (Å²) in [6.45, 7) is -0.102. The number of nitrogens with zero attached hydrogens (tertiary/aromatic N) is 2. The van der Waals surface area contributed by atoms with Gasteiger partial charge in [-0.1, -0.05) is 29.8 Å². The number of halogens is 2. The smallest absolute Gasteiger partial charge is 0.275 e. The zero-order chi connectivity index (χ0) is 22.3. The molecule has 1 aliphatic rings. The molecule has 0 amide bonds. The molecule has 0 saturated heterocycles. The Morgan fingerprint density at radius 3 is 2.52 bits per heavy atom. The summed E-state index contributed by atoms with van der Waals surface area (Å²) in [5.74, 6) is -0.0371. The fourth-order valence-corrected chi connectivity index (χ4v) is 5.76. The van der Waals surface area contributed by atoms with Crippen molar-refractivity contribution in [3.05, 3.63) is 98.3 Å². The fraction of sp³-hybridized carbons (Fsp3) is 0.143. The minimum atomic E-state index is -4.13. The number of hydrogen-bond donors (Lipinski definition) is 0. The van der Waals surface area contributed by atoms with Crippen LogP contribution in [0.25, 0.3) is 0 Å². The molecular weight excluding hydrogens is 447 g/mol. The van der Waals surface area contributed by atoms with E-state index in [1.165, 1.54) is 31.4 Å². The summed E-state index contributed by atoms with van der Waals surface area (Å²) in [5, 5.41) is 11.8. The van der Waals surface area contributed by atoms with Crippen molar-refractivity contribution in [3.63, 3.8) is 0 Å². The highest BCUT2D eigenvalue weighted by Crippen LogP contribution is 2.49. The third-order valence-electron chi connectivity index (χ3n) is 5.14. The predicted molar refractivity (Wildman–Crippen MR) is 112 cm³/mol. The lowest BCUT2D eigenvalue weighted by Gasteiger charge is -2.25. The molecule has 1 heterocycles. The summed E-state index contributed by atoms with van der Waals surface area (Å²) in [6, 6.07) is 13.0. The molecule has 0 saturated carbocycles. The van der Waals surface area contributed by atoms with Gasteiger partial charge in [-0.05, 0) is 47.5 Å². The van der Waals surface area contributed by atoms with Gasteiger partial charge in [0.15, 0.2) is 0 Å². The number of benzene rings is 3. The van der Waals surface area contributed by atoms with Crippen LogP contribution in [-0.4, -0.2) is 24.8 Å². The second kappa shape index (κ2) is 7.92. The average Bonchev–Trinajstić information content (AvgIpc) is 2.97. The molecule has 0 aromatic heterocycles. The number of ether oxygens (including phenoxy) is 1. The normalized spacial score (nSPS) is 17.3. The first-order chi connectivity index (χ1) is 14.7. The molecule has 10 heteroatoms. The van der Waals surface area contributed by atoms with Gasteiger partial charge in [-0.3, -0.25) is 10.1 Å². The summed E-state index contributed by atoms with van der Waals surface area (Å²) in [6.07, 6.45) is 0. The van der Waals surface area contributed by atoms with Crippen LogP contribution in [0.3, 0.4) is 0 Å². The summed E-state index contributed by atoms with van der Waals surface area (Å²) >= 11 is 6.30. The number of hydrogen-bond acceptors (Lipinski definition) is 5. The van der Waals surface area contributed by atoms with Crippen LogP contribution in [0.4, 0.5) is 10.1 Å². The molecule has 0 radical (unpaired) electrons. The van der Waals surface area contributed by atoms with Crippen LogP contribution in [0.2, 0.25) is 5.02 Å². The van der Waals surface area contributed by atoms with Gasteiger partial charge in [-0.15, -0.1) is 0 Å². The van der Waals surface area contributed by atoms with E-state index in [0.717, 1.165) is 16.4 Å². The Hall–Kier alpha value is -3.01. The van der Waals surface area contributed by atoms with Crippen molar-refractivity contribution in [1.82, 2.24) is 4.31 Å². The number of sulfonamides is 1. The van der Waals surface area contributed by atoms with Gasteiger partial charge in [0.2, 0.25) is 10.0 Å². The van der Waals surface area contributed by atoms with E-state index in [9.17, 15) is 22.9 Å². The molecule has 3 aromatic rings. The molecule has 0 N–H and O–H groups in total. The van der Waals surface area contributed by atoms with E-state index in [-0.39, 0.29) is 33.3 Å². The van der Waals surface area contributed by atoms with Crippen molar-refractivity contribution in [3.8, 4) is 5.75 Å². The summed E-state index contributed by atoms with van der Waals surface area (Å²) in [4.78, 5) is 10.9. The lowest BCUT2D eigenvalue weighted by atomic mass is 9.96. The van der Waals surface area contributed by atoms with E-state index in [1.54, 1.807) is 24.3 Å². The van der Waals surface area contributed by atoms with Crippen LogP contribution in [0, 0.1) is 15.9 Å². The number of fused-ring (bicyclic) bond motifs is 1. The molecule has 0 bridgehead atoms. The first-order valence-electron chi connectivity index (χ1n) is 9.11. The first-order valence-corrected chi connectivity index (χ1v) is 10.9. The molecule has 31 heavy (non-hydrogen) atoms. The Kier molecular flexibility index (Phi) is 5.42. The van der Waals surface area contributed by atoms with Gasteiger partial charge in [0.25, 0.3) is 5.69 Å². The van der Waals surface area contributed by atoms with Gasteiger partial charge >= 0.3 is 0 Å². The first kappa shape index (κ1) is 21.2. The van der Waals surface area contributed by atoms with Crippen molar-refractivity contribution in [2.24, 2.45) is 0 Å². The van der Waals surface area contributed by atoms with Crippen molar-refractivity contribution in [2.45, 2.75) is 17.5 Å². The fourth-order valence-electron chi connectivity index (χ4n) is 3.72. The zero-order valence-corrected chi connectivity index (χ0v) is 17.7. The van der Waals surface area contributed by atoms with Gasteiger partial charge in [-0.2, -0.15) is 4.31 Å². The van der Waals surface area contributed by atoms with E-state index >= 15 is 0 Å². The topological polar surface area (TPSA) is 89.8 Å². The highest BCUT2D eigenvalue weighted by atomic mass is 35.5. The Labute approximate surface area is 182 Å². The second-order valence-electron chi connectivity index (χ2n) is 6.91. The van der Waals surface area contributed by atoms with Gasteiger partial charge in [0.1, 0.15) is 11.6 Å². The van der Waals surface area contributed by atoms with E-state index in [4.69, 9.17) is 16.3 Å². The van der Waals surface area contributed by atoms with Crippen LogP contribution in [0.5, 0.6) is 5.75 Å². The lowest BCUT2D eigenvalue weighted by molar-refractivity contribution is -0.386. The highest BCUT2D eigenvalue weighted by molar-refractivity contribution is 7.89. The van der Waals surface area contributed by atoms with Crippen LogP contribution in [0.1, 0.15) is 22.7 Å². The van der Waals surface area contributed by atoms with Crippen LogP contribution >= 0.6 is 11.6 Å². The summed E-state index contributed by atoms with van der Waals surface area (Å²) in [7, 11) is -2.62. The molecule has 160 valence electrons. The monoisotopic (exact) mass is 462 g/mol. The van der Waals surface area contributed by atoms with Gasteiger partial charge in [0, 0.05) is 17.6 Å². The maximum atomic E-state index is 14.1. The molecule has 7 nitrogen and oxygen atoms in total. The Balaban J connectivity index is 1.94. The molecule has 1 atom stereocenters. The van der Waals surface area contributed by atoms with Gasteiger partial charge < -0.3 is 4.74 Å². The SMILES string of the molecule is COc1ccc(CN2C(c3cc(F)ccc3Cl)c3c([N+](=O)[O-])cccc3S2(=O)=O)cc1. The van der Waals surface area contributed by atoms with Crippen LogP contribution in [-0.2, 0) is 16.6 Å². The Bertz CT molecular complexity index is 1280. The van der Waals surface area contributed by atoms with Crippen LogP contribution in [0.15, 0.2) is 65.6 Å². The molecule has 1 unspecified atom stereocenters. The zero-order valence-electron chi connectivity index (χ0n) is 16.2. The lowest BCUT2D eigenvalue weighted by Crippen LogP contribution is -2.29. The largest absolute Gasteiger partial charge is 0.497 e. The van der Waals surface area contributed by atoms with E-state index in [1.807, 2.05) is 0 Å². The van der Waals surface area contributed by atoms with E-state index in [0.29, 0.717) is 11.3 Å². The van der Waals surface area contributed by atoms with E-state index in [2.05, 4.69) is 0 Å². The standard InChI is InChI=1S/C21H16ClFN2O5S/c1-30-15-8-5-13(6-9-15)12-24-21(16-11-14(23)7-10-17(16)22)20-18(25(26)27)3-2-4-19(20)31(24,28)29/h2-11,21H,12H2,1H3. The second-order valence-corrected chi connectivity index (χ2v) is 9.18. The molecule has 4 rings (SSSR count). The minimum absolute atomic E-state index is 0.0338. The quantitative estimate of drug-likeness (QED) is 0.405. The van der Waals surface area contributed by atoms with Gasteiger partial charge in [0.05, 0.1) is 28.5 Å². The van der Waals surface area contributed by atoms with Crippen molar-refractivity contribution < 1.29 is 22.5 Å². The Morgan fingerprint density at radius 1 is 1.16 bits per heavy atom. The number of methoxy groups -OCH3 is 1. The number of rotatable bonds is 5. The molecule has 0 fully saturated rings. The third-order valence-corrected chi connectivity index (χ3v) is 7.35. The average molecular weight is 463 g/mol. The van der Waals surface area contributed by atoms with Crippen molar-refractivity contribution in [1.29, 1.82) is 0 Å². The van der Waals surface area contributed by atoms with Gasteiger partial charge in [-0.25, -0.2) is 12.8 Å². The number of nitro benzene ring substituents is 1. The third kappa shape index (κ3) is 3.65. The van der Waals surface area contributed by atoms with Crippen molar-refractivity contribution >= 4 is 27.3 Å². The maximum Gasteiger partial charge on any atom is 0.275 e. The molecular formula is C21H16ClFN2O5S. The highest BCUT2D eigenvalue weighted by Gasteiger charge is 2.48.